The van der Waals surface area contributed by atoms with Crippen molar-refractivity contribution in [2.45, 2.75) is 31.1 Å². The van der Waals surface area contributed by atoms with Gasteiger partial charge in [-0.15, -0.1) is 0 Å². The number of hydrogen-bond acceptors (Lipinski definition) is 4. The Balaban J connectivity index is 3.51. The van der Waals surface area contributed by atoms with Gasteiger partial charge in [0.1, 0.15) is 0 Å². The Morgan fingerprint density at radius 3 is 2.67 bits per heavy atom. The molecule has 0 aliphatic heterocycles. The molecule has 0 saturated carbocycles. The predicted octanol–water partition coefficient (Wildman–Crippen LogP) is 0.765. The standard InChI is InChI=1S/C8H15NO2S/c1-2-8(3-4-9)12-6-7(11)5-10/h7-8,10-11H,2-3,5-6H2,1H3. The lowest BCUT2D eigenvalue weighted by molar-refractivity contribution is 0.113. The number of hydrogen-bond donors (Lipinski definition) is 2. The zero-order valence-corrected chi connectivity index (χ0v) is 8.05. The number of thioether (sulfide) groups is 1. The summed E-state index contributed by atoms with van der Waals surface area (Å²) in [5.74, 6) is 0.511. The fourth-order valence-electron chi connectivity index (χ4n) is 0.723. The fraction of sp³-hybridized carbons (Fsp3) is 0.875. The van der Waals surface area contributed by atoms with Gasteiger partial charge in [-0.2, -0.15) is 17.0 Å². The van der Waals surface area contributed by atoms with E-state index in [1.165, 1.54) is 0 Å². The quantitative estimate of drug-likeness (QED) is 0.647. The molecular formula is C8H15NO2S. The molecule has 0 spiro atoms. The lowest BCUT2D eigenvalue weighted by Crippen LogP contribution is -2.17. The summed E-state index contributed by atoms with van der Waals surface area (Å²) < 4.78 is 0. The molecule has 4 heteroatoms. The van der Waals surface area contributed by atoms with Gasteiger partial charge in [-0.05, 0) is 6.42 Å². The van der Waals surface area contributed by atoms with Crippen molar-refractivity contribution in [1.82, 2.24) is 0 Å². The van der Waals surface area contributed by atoms with Gasteiger partial charge in [0.25, 0.3) is 0 Å². The normalized spacial score (nSPS) is 15.2. The molecule has 0 rings (SSSR count). The Morgan fingerprint density at radius 1 is 1.58 bits per heavy atom. The summed E-state index contributed by atoms with van der Waals surface area (Å²) in [5, 5.41) is 26.2. The third kappa shape index (κ3) is 5.42. The van der Waals surface area contributed by atoms with E-state index in [-0.39, 0.29) is 11.9 Å². The zero-order valence-electron chi connectivity index (χ0n) is 7.23. The van der Waals surface area contributed by atoms with Gasteiger partial charge in [-0.25, -0.2) is 0 Å². The van der Waals surface area contributed by atoms with Gasteiger partial charge >= 0.3 is 0 Å². The first kappa shape index (κ1) is 11.8. The number of nitrogens with zero attached hydrogens (tertiary/aromatic N) is 1. The highest BCUT2D eigenvalue weighted by Crippen LogP contribution is 2.18. The van der Waals surface area contributed by atoms with Gasteiger partial charge < -0.3 is 10.2 Å². The summed E-state index contributed by atoms with van der Waals surface area (Å²) in [6.07, 6.45) is 0.790. The van der Waals surface area contributed by atoms with E-state index in [0.717, 1.165) is 6.42 Å². The molecule has 0 bridgehead atoms. The molecule has 70 valence electrons. The van der Waals surface area contributed by atoms with Crippen molar-refractivity contribution < 1.29 is 10.2 Å². The van der Waals surface area contributed by atoms with Gasteiger partial charge in [-0.1, -0.05) is 6.92 Å². The summed E-state index contributed by atoms with van der Waals surface area (Å²) >= 11 is 1.55. The van der Waals surface area contributed by atoms with Gasteiger partial charge in [-0.3, -0.25) is 0 Å². The van der Waals surface area contributed by atoms with Crippen LogP contribution in [0.4, 0.5) is 0 Å². The molecule has 2 N–H and O–H groups in total. The Bertz CT molecular complexity index is 146. The van der Waals surface area contributed by atoms with Gasteiger partial charge in [0.2, 0.25) is 0 Å². The van der Waals surface area contributed by atoms with Crippen molar-refractivity contribution in [3.8, 4) is 6.07 Å². The Kier molecular flexibility index (Phi) is 7.26. The predicted molar refractivity (Wildman–Crippen MR) is 49.9 cm³/mol. The molecule has 2 unspecified atom stereocenters. The SMILES string of the molecule is CCC(CC#N)SCC(O)CO. The Labute approximate surface area is 77.4 Å². The van der Waals surface area contributed by atoms with Crippen LogP contribution in [0.5, 0.6) is 0 Å². The topological polar surface area (TPSA) is 64.2 Å². The van der Waals surface area contributed by atoms with Crippen molar-refractivity contribution >= 4 is 11.8 Å². The highest BCUT2D eigenvalue weighted by atomic mass is 32.2. The molecule has 0 amide bonds. The van der Waals surface area contributed by atoms with Crippen molar-refractivity contribution in [3.63, 3.8) is 0 Å². The molecule has 0 aliphatic rings. The largest absolute Gasteiger partial charge is 0.394 e. The minimum atomic E-state index is -0.650. The first-order valence-electron chi connectivity index (χ1n) is 4.02. The molecule has 0 aromatic carbocycles. The van der Waals surface area contributed by atoms with Crippen LogP contribution < -0.4 is 0 Å². The number of aliphatic hydroxyl groups excluding tert-OH is 2. The molecular weight excluding hydrogens is 174 g/mol. The van der Waals surface area contributed by atoms with Crippen LogP contribution in [0, 0.1) is 11.3 Å². The van der Waals surface area contributed by atoms with Gasteiger partial charge in [0.15, 0.2) is 0 Å². The highest BCUT2D eigenvalue weighted by Gasteiger charge is 2.09. The van der Waals surface area contributed by atoms with Crippen molar-refractivity contribution in [3.05, 3.63) is 0 Å². The first-order chi connectivity index (χ1) is 5.74. The van der Waals surface area contributed by atoms with Crippen molar-refractivity contribution in [2.24, 2.45) is 0 Å². The van der Waals surface area contributed by atoms with Gasteiger partial charge in [0.05, 0.1) is 18.8 Å². The van der Waals surface area contributed by atoms with Crippen LogP contribution in [0.25, 0.3) is 0 Å². The van der Waals surface area contributed by atoms with E-state index in [2.05, 4.69) is 6.07 Å². The number of rotatable bonds is 6. The van der Waals surface area contributed by atoms with Crippen LogP contribution in [0.1, 0.15) is 19.8 Å². The van der Waals surface area contributed by atoms with E-state index in [1.54, 1.807) is 11.8 Å². The maximum Gasteiger partial charge on any atom is 0.0861 e. The second-order valence-electron chi connectivity index (χ2n) is 2.56. The van der Waals surface area contributed by atoms with Crippen LogP contribution in [-0.4, -0.2) is 33.9 Å². The number of nitriles is 1. The Morgan fingerprint density at radius 2 is 2.25 bits per heavy atom. The Hall–Kier alpha value is -0.240. The molecule has 0 aromatic heterocycles. The summed E-state index contributed by atoms with van der Waals surface area (Å²) in [5.41, 5.74) is 0. The molecule has 0 aromatic rings. The summed E-state index contributed by atoms with van der Waals surface area (Å²) in [4.78, 5) is 0. The summed E-state index contributed by atoms with van der Waals surface area (Å²) in [6, 6.07) is 2.10. The molecule has 0 saturated heterocycles. The zero-order chi connectivity index (χ0) is 9.40. The van der Waals surface area contributed by atoms with E-state index in [0.29, 0.717) is 12.2 Å². The van der Waals surface area contributed by atoms with Crippen molar-refractivity contribution in [2.75, 3.05) is 12.4 Å². The molecule has 0 fully saturated rings. The van der Waals surface area contributed by atoms with Crippen LogP contribution in [0.15, 0.2) is 0 Å². The summed E-state index contributed by atoms with van der Waals surface area (Å²) in [7, 11) is 0. The average Bonchev–Trinajstić information content (AvgIpc) is 2.11. The minimum Gasteiger partial charge on any atom is -0.394 e. The third-order valence-corrected chi connectivity index (χ3v) is 3.06. The third-order valence-electron chi connectivity index (χ3n) is 1.51. The lowest BCUT2D eigenvalue weighted by atomic mass is 10.3. The fourth-order valence-corrected chi connectivity index (χ4v) is 1.75. The minimum absolute atomic E-state index is 0.198. The van der Waals surface area contributed by atoms with E-state index in [1.807, 2.05) is 6.92 Å². The molecule has 0 radical (unpaired) electrons. The second-order valence-corrected chi connectivity index (χ2v) is 3.90. The van der Waals surface area contributed by atoms with Crippen LogP contribution in [-0.2, 0) is 0 Å². The molecule has 0 heterocycles. The van der Waals surface area contributed by atoms with E-state index in [9.17, 15) is 0 Å². The van der Waals surface area contributed by atoms with Crippen LogP contribution in [0.3, 0.4) is 0 Å². The lowest BCUT2D eigenvalue weighted by Gasteiger charge is -2.12. The van der Waals surface area contributed by atoms with E-state index >= 15 is 0 Å². The average molecular weight is 189 g/mol. The number of aliphatic hydroxyl groups is 2. The maximum absolute atomic E-state index is 9.02. The maximum atomic E-state index is 9.02. The first-order valence-corrected chi connectivity index (χ1v) is 5.06. The van der Waals surface area contributed by atoms with Gasteiger partial charge in [0, 0.05) is 17.4 Å². The molecule has 2 atom stereocenters. The molecule has 3 nitrogen and oxygen atoms in total. The molecule has 12 heavy (non-hydrogen) atoms. The van der Waals surface area contributed by atoms with E-state index in [4.69, 9.17) is 15.5 Å². The monoisotopic (exact) mass is 189 g/mol. The van der Waals surface area contributed by atoms with Crippen LogP contribution >= 0.6 is 11.8 Å². The summed E-state index contributed by atoms with van der Waals surface area (Å²) in [6.45, 7) is 1.82. The molecule has 0 aliphatic carbocycles. The second kappa shape index (κ2) is 7.41. The highest BCUT2D eigenvalue weighted by molar-refractivity contribution is 7.99. The van der Waals surface area contributed by atoms with Crippen LogP contribution in [0.2, 0.25) is 0 Å². The van der Waals surface area contributed by atoms with Crippen molar-refractivity contribution in [1.29, 1.82) is 5.26 Å². The van der Waals surface area contributed by atoms with E-state index < -0.39 is 6.10 Å². The smallest absolute Gasteiger partial charge is 0.0861 e.